The molecular weight excluding hydrogens is 412 g/mol. The summed E-state index contributed by atoms with van der Waals surface area (Å²) in [6.07, 6.45) is 7.45. The average Bonchev–Trinajstić information content (AvgIpc) is 3.23. The van der Waals surface area contributed by atoms with E-state index in [9.17, 15) is 4.79 Å². The van der Waals surface area contributed by atoms with Gasteiger partial charge in [0.2, 0.25) is 0 Å². The van der Waals surface area contributed by atoms with Gasteiger partial charge in [0.1, 0.15) is 0 Å². The van der Waals surface area contributed by atoms with E-state index in [4.69, 9.17) is 20.8 Å². The first-order chi connectivity index (χ1) is 15.1. The van der Waals surface area contributed by atoms with Gasteiger partial charge in [-0.05, 0) is 67.7 Å². The van der Waals surface area contributed by atoms with Gasteiger partial charge in [0.15, 0.2) is 5.76 Å². The molecule has 2 aromatic carbocycles. The van der Waals surface area contributed by atoms with E-state index in [1.807, 2.05) is 24.3 Å². The molecule has 5 nitrogen and oxygen atoms in total. The minimum absolute atomic E-state index is 0.187. The summed E-state index contributed by atoms with van der Waals surface area (Å²) < 4.78 is 11.0. The summed E-state index contributed by atoms with van der Waals surface area (Å²) in [5, 5.41) is 3.79. The summed E-state index contributed by atoms with van der Waals surface area (Å²) in [5.74, 6) is 1.79. The lowest BCUT2D eigenvalue weighted by molar-refractivity contribution is -0.141. The third kappa shape index (κ3) is 5.88. The number of carbonyl (C=O) groups excluding carboxylic acids is 1. The first-order valence-corrected chi connectivity index (χ1v) is 11.2. The van der Waals surface area contributed by atoms with Crippen molar-refractivity contribution in [1.82, 2.24) is 4.98 Å². The lowest BCUT2D eigenvalue weighted by Gasteiger charge is -2.28. The number of halogens is 1. The number of nitrogens with zero attached hydrogens (tertiary/aromatic N) is 1. The molecule has 0 aliphatic heterocycles. The van der Waals surface area contributed by atoms with Crippen LogP contribution >= 0.6 is 11.6 Å². The van der Waals surface area contributed by atoms with Crippen molar-refractivity contribution in [3.05, 3.63) is 65.3 Å². The molecule has 1 fully saturated rings. The van der Waals surface area contributed by atoms with Gasteiger partial charge in [-0.3, -0.25) is 4.79 Å². The van der Waals surface area contributed by atoms with Gasteiger partial charge in [-0.1, -0.05) is 41.9 Å². The molecule has 4 rings (SSSR count). The summed E-state index contributed by atoms with van der Waals surface area (Å²) in [6.45, 7) is 2.01. The quantitative estimate of drug-likeness (QED) is 0.403. The van der Waals surface area contributed by atoms with E-state index < -0.39 is 0 Å². The number of oxazole rings is 1. The number of benzene rings is 2. The van der Waals surface area contributed by atoms with Gasteiger partial charge in [-0.15, -0.1) is 0 Å². The molecule has 3 aromatic rings. The van der Waals surface area contributed by atoms with Crippen molar-refractivity contribution in [3.63, 3.8) is 0 Å². The molecule has 1 aliphatic carbocycles. The Morgan fingerprint density at radius 1 is 1.16 bits per heavy atom. The van der Waals surface area contributed by atoms with Crippen LogP contribution in [0.3, 0.4) is 0 Å². The van der Waals surface area contributed by atoms with E-state index in [1.165, 1.54) is 38.2 Å². The lowest BCUT2D eigenvalue weighted by atomic mass is 9.77. The maximum absolute atomic E-state index is 10.9. The fourth-order valence-electron chi connectivity index (χ4n) is 4.23. The molecule has 162 valence electrons. The van der Waals surface area contributed by atoms with Gasteiger partial charge < -0.3 is 14.5 Å². The molecule has 1 saturated carbocycles. The Balaban J connectivity index is 1.32. The second kappa shape index (κ2) is 10.0. The van der Waals surface area contributed by atoms with E-state index in [-0.39, 0.29) is 5.97 Å². The number of esters is 1. The van der Waals surface area contributed by atoms with Crippen molar-refractivity contribution in [1.29, 1.82) is 0 Å². The van der Waals surface area contributed by atoms with Crippen LogP contribution in [0.25, 0.3) is 11.3 Å². The average molecular weight is 439 g/mol. The zero-order valence-corrected chi connectivity index (χ0v) is 18.4. The molecule has 0 unspecified atom stereocenters. The topological polar surface area (TPSA) is 64.4 Å². The minimum atomic E-state index is -0.187. The molecule has 0 spiro atoms. The molecule has 1 aliphatic rings. The summed E-state index contributed by atoms with van der Waals surface area (Å²) in [7, 11) is 0. The molecule has 0 bridgehead atoms. The molecule has 31 heavy (non-hydrogen) atoms. The molecule has 0 saturated heterocycles. The smallest absolute Gasteiger partial charge is 0.302 e. The number of aromatic nitrogens is 1. The molecule has 1 aromatic heterocycles. The molecular formula is C25H27ClN2O3. The van der Waals surface area contributed by atoms with Crippen LogP contribution in [0.1, 0.15) is 50.5 Å². The van der Waals surface area contributed by atoms with Crippen molar-refractivity contribution >= 4 is 29.3 Å². The highest BCUT2D eigenvalue weighted by Gasteiger charge is 2.22. The number of rotatable bonds is 7. The fraction of sp³-hybridized carbons (Fsp3) is 0.360. The van der Waals surface area contributed by atoms with Crippen LogP contribution < -0.4 is 5.32 Å². The molecule has 0 amide bonds. The Kier molecular flexibility index (Phi) is 6.92. The van der Waals surface area contributed by atoms with Crippen molar-refractivity contribution < 1.29 is 13.9 Å². The van der Waals surface area contributed by atoms with Crippen LogP contribution in [0.4, 0.5) is 11.7 Å². The normalized spacial score (nSPS) is 18.5. The number of hydrogen-bond donors (Lipinski definition) is 1. The molecule has 0 atom stereocenters. The SMILES string of the molecule is CC(=O)OCCC1CCC(c2ccc(-c3cnc(Nc4cccc(Cl)c4)o3)cc2)CC1. The Hall–Kier alpha value is -2.79. The number of nitrogens with one attached hydrogen (secondary N) is 1. The summed E-state index contributed by atoms with van der Waals surface area (Å²) in [4.78, 5) is 15.2. The van der Waals surface area contributed by atoms with Gasteiger partial charge in [0, 0.05) is 23.2 Å². The van der Waals surface area contributed by atoms with Crippen molar-refractivity contribution in [2.75, 3.05) is 11.9 Å². The number of carbonyl (C=O) groups is 1. The third-order valence-corrected chi connectivity index (χ3v) is 6.16. The first-order valence-electron chi connectivity index (χ1n) is 10.8. The molecule has 0 radical (unpaired) electrons. The molecule has 1 heterocycles. The molecule has 1 N–H and O–H groups in total. The standard InChI is InChI=1S/C25H27ClN2O3/c1-17(29)30-14-13-18-5-7-19(8-6-18)20-9-11-21(12-10-20)24-16-27-25(31-24)28-23-4-2-3-22(26)15-23/h2-4,9-12,15-16,18-19H,5-8,13-14H2,1H3,(H,27,28). The van der Waals surface area contributed by atoms with E-state index >= 15 is 0 Å². The molecule has 6 heteroatoms. The van der Waals surface area contributed by atoms with E-state index in [0.717, 1.165) is 23.4 Å². The Bertz CT molecular complexity index is 1010. The maximum atomic E-state index is 10.9. The van der Waals surface area contributed by atoms with Crippen LogP contribution in [0, 0.1) is 5.92 Å². The van der Waals surface area contributed by atoms with Crippen LogP contribution in [-0.2, 0) is 9.53 Å². The maximum Gasteiger partial charge on any atom is 0.302 e. The van der Waals surface area contributed by atoms with Gasteiger partial charge in [0.25, 0.3) is 6.01 Å². The third-order valence-electron chi connectivity index (χ3n) is 5.93. The highest BCUT2D eigenvalue weighted by atomic mass is 35.5. The van der Waals surface area contributed by atoms with Crippen molar-refractivity contribution in [2.24, 2.45) is 5.92 Å². The van der Waals surface area contributed by atoms with Gasteiger partial charge >= 0.3 is 5.97 Å². The zero-order valence-electron chi connectivity index (χ0n) is 17.6. The van der Waals surface area contributed by atoms with Crippen molar-refractivity contribution in [3.8, 4) is 11.3 Å². The van der Waals surface area contributed by atoms with Gasteiger partial charge in [0.05, 0.1) is 12.8 Å². The van der Waals surface area contributed by atoms with E-state index in [2.05, 4.69) is 34.6 Å². The summed E-state index contributed by atoms with van der Waals surface area (Å²) in [6, 6.07) is 16.5. The predicted molar refractivity (Wildman–Crippen MR) is 123 cm³/mol. The lowest BCUT2D eigenvalue weighted by Crippen LogP contribution is -2.15. The van der Waals surface area contributed by atoms with Crippen LogP contribution in [0.5, 0.6) is 0 Å². The number of anilines is 2. The number of ether oxygens (including phenoxy) is 1. The Morgan fingerprint density at radius 3 is 2.65 bits per heavy atom. The predicted octanol–water partition coefficient (Wildman–Crippen LogP) is 6.97. The van der Waals surface area contributed by atoms with Gasteiger partial charge in [-0.2, -0.15) is 0 Å². The van der Waals surface area contributed by atoms with E-state index in [1.54, 1.807) is 6.20 Å². The Labute approximate surface area is 187 Å². The van der Waals surface area contributed by atoms with Crippen LogP contribution in [0.15, 0.2) is 59.1 Å². The largest absolute Gasteiger partial charge is 0.466 e. The Morgan fingerprint density at radius 2 is 1.94 bits per heavy atom. The summed E-state index contributed by atoms with van der Waals surface area (Å²) >= 11 is 6.02. The fourth-order valence-corrected chi connectivity index (χ4v) is 4.42. The van der Waals surface area contributed by atoms with Crippen molar-refractivity contribution in [2.45, 2.75) is 44.9 Å². The minimum Gasteiger partial charge on any atom is -0.466 e. The van der Waals surface area contributed by atoms with Gasteiger partial charge in [-0.25, -0.2) is 4.98 Å². The first kappa shape index (κ1) is 21.4. The summed E-state index contributed by atoms with van der Waals surface area (Å²) in [5.41, 5.74) is 3.21. The van der Waals surface area contributed by atoms with E-state index in [0.29, 0.717) is 29.5 Å². The highest BCUT2D eigenvalue weighted by molar-refractivity contribution is 6.30. The zero-order chi connectivity index (χ0) is 21.6. The van der Waals surface area contributed by atoms with Crippen LogP contribution in [-0.4, -0.2) is 17.6 Å². The number of hydrogen-bond acceptors (Lipinski definition) is 5. The second-order valence-electron chi connectivity index (χ2n) is 8.13. The monoisotopic (exact) mass is 438 g/mol. The highest BCUT2D eigenvalue weighted by Crippen LogP contribution is 2.37. The second-order valence-corrected chi connectivity index (χ2v) is 8.57. The van der Waals surface area contributed by atoms with Crippen LogP contribution in [0.2, 0.25) is 5.02 Å².